The summed E-state index contributed by atoms with van der Waals surface area (Å²) in [6.45, 7) is 3.26. The maximum absolute atomic E-state index is 10.9. The number of hydrogen-bond acceptors (Lipinski definition) is 3. The molecule has 0 amide bonds. The molecule has 6 heteroatoms. The van der Waals surface area contributed by atoms with Crippen LogP contribution in [0.1, 0.15) is 29.9 Å². The van der Waals surface area contributed by atoms with Crippen molar-refractivity contribution in [2.24, 2.45) is 0 Å². The van der Waals surface area contributed by atoms with Gasteiger partial charge in [-0.15, -0.1) is 0 Å². The lowest BCUT2D eigenvalue weighted by Crippen LogP contribution is -2.17. The number of carbonyl (C=O) groups is 1. The first kappa shape index (κ1) is 12.1. The summed E-state index contributed by atoms with van der Waals surface area (Å²) in [5, 5.41) is 18.9. The number of aromatic carboxylic acids is 1. The highest BCUT2D eigenvalue weighted by Gasteiger charge is 2.22. The molecule has 0 atom stereocenters. The molecule has 0 unspecified atom stereocenters. The van der Waals surface area contributed by atoms with Crippen LogP contribution in [0.3, 0.4) is 0 Å². The molecular weight excluding hydrogens is 288 g/mol. The molecule has 5 nitrogen and oxygen atoms in total. The van der Waals surface area contributed by atoms with Crippen LogP contribution >= 0.6 is 15.9 Å². The molecule has 0 fully saturated rings. The molecule has 17 heavy (non-hydrogen) atoms. The van der Waals surface area contributed by atoms with Crippen molar-refractivity contribution in [3.63, 3.8) is 0 Å². The number of carboxylic acids is 1. The van der Waals surface area contributed by atoms with Crippen molar-refractivity contribution in [2.75, 3.05) is 0 Å². The molecule has 0 aliphatic carbocycles. The van der Waals surface area contributed by atoms with Crippen LogP contribution in [-0.2, 0) is 5.60 Å². The number of rotatable bonds is 2. The van der Waals surface area contributed by atoms with Crippen LogP contribution in [0.5, 0.6) is 0 Å². The van der Waals surface area contributed by atoms with E-state index in [9.17, 15) is 9.90 Å². The Morgan fingerprint density at radius 2 is 2.12 bits per heavy atom. The highest BCUT2D eigenvalue weighted by atomic mass is 79.9. The second-order valence-corrected chi connectivity index (χ2v) is 5.21. The van der Waals surface area contributed by atoms with Crippen LogP contribution in [0.4, 0.5) is 0 Å². The predicted octanol–water partition coefficient (Wildman–Crippen LogP) is 2.02. The lowest BCUT2D eigenvalue weighted by molar-refractivity contribution is 0.0689. The average molecular weight is 299 g/mol. The van der Waals surface area contributed by atoms with E-state index in [1.165, 1.54) is 6.20 Å². The van der Waals surface area contributed by atoms with Crippen LogP contribution in [0.15, 0.2) is 22.9 Å². The Balaban J connectivity index is 2.79. The minimum Gasteiger partial charge on any atom is -0.476 e. The maximum atomic E-state index is 10.9. The van der Waals surface area contributed by atoms with E-state index in [-0.39, 0.29) is 5.69 Å². The molecular formula is C11H11BrN2O3. The number of aliphatic hydroxyl groups is 1. The topological polar surface area (TPSA) is 74.8 Å². The zero-order valence-electron chi connectivity index (χ0n) is 9.31. The van der Waals surface area contributed by atoms with Gasteiger partial charge >= 0.3 is 5.97 Å². The molecule has 0 aliphatic rings. The predicted molar refractivity (Wildman–Crippen MR) is 65.1 cm³/mol. The van der Waals surface area contributed by atoms with E-state index < -0.39 is 11.6 Å². The molecule has 2 N–H and O–H groups in total. The van der Waals surface area contributed by atoms with Gasteiger partial charge in [-0.1, -0.05) is 0 Å². The SMILES string of the molecule is CC(C)(O)c1cc(Br)cn2cc(C(=O)O)nc12. The van der Waals surface area contributed by atoms with E-state index in [4.69, 9.17) is 5.11 Å². The Hall–Kier alpha value is -1.40. The summed E-state index contributed by atoms with van der Waals surface area (Å²) >= 11 is 3.31. The van der Waals surface area contributed by atoms with Crippen LogP contribution in [-0.4, -0.2) is 25.6 Å². The monoisotopic (exact) mass is 298 g/mol. The van der Waals surface area contributed by atoms with Gasteiger partial charge in [-0.05, 0) is 35.8 Å². The van der Waals surface area contributed by atoms with Gasteiger partial charge in [-0.3, -0.25) is 0 Å². The van der Waals surface area contributed by atoms with Crippen molar-refractivity contribution in [1.82, 2.24) is 9.38 Å². The number of pyridine rings is 1. The van der Waals surface area contributed by atoms with Crippen molar-refractivity contribution in [3.05, 3.63) is 34.2 Å². The molecule has 0 saturated carbocycles. The van der Waals surface area contributed by atoms with Crippen molar-refractivity contribution >= 4 is 27.5 Å². The minimum atomic E-state index is -1.09. The number of imidazole rings is 1. The van der Waals surface area contributed by atoms with Crippen LogP contribution < -0.4 is 0 Å². The second kappa shape index (κ2) is 3.82. The van der Waals surface area contributed by atoms with Gasteiger partial charge < -0.3 is 14.6 Å². The van der Waals surface area contributed by atoms with E-state index in [2.05, 4.69) is 20.9 Å². The fourth-order valence-corrected chi connectivity index (χ4v) is 2.07. The fraction of sp³-hybridized carbons (Fsp3) is 0.273. The molecule has 2 heterocycles. The molecule has 0 radical (unpaired) electrons. The van der Waals surface area contributed by atoms with Gasteiger partial charge in [0.25, 0.3) is 0 Å². The minimum absolute atomic E-state index is 0.0476. The van der Waals surface area contributed by atoms with E-state index in [0.29, 0.717) is 11.2 Å². The zero-order valence-corrected chi connectivity index (χ0v) is 10.9. The van der Waals surface area contributed by atoms with Gasteiger partial charge in [-0.2, -0.15) is 0 Å². The van der Waals surface area contributed by atoms with E-state index in [1.54, 1.807) is 30.5 Å². The Morgan fingerprint density at radius 1 is 1.47 bits per heavy atom. The summed E-state index contributed by atoms with van der Waals surface area (Å²) in [6, 6.07) is 1.73. The quantitative estimate of drug-likeness (QED) is 0.889. The van der Waals surface area contributed by atoms with Crippen molar-refractivity contribution in [1.29, 1.82) is 0 Å². The Kier molecular flexibility index (Phi) is 2.71. The first-order valence-electron chi connectivity index (χ1n) is 4.93. The van der Waals surface area contributed by atoms with Crippen LogP contribution in [0.2, 0.25) is 0 Å². The number of carboxylic acid groups (broad SMARTS) is 1. The molecule has 0 aromatic carbocycles. The van der Waals surface area contributed by atoms with Crippen LogP contribution in [0, 0.1) is 0 Å². The summed E-state index contributed by atoms with van der Waals surface area (Å²) < 4.78 is 2.33. The summed E-state index contributed by atoms with van der Waals surface area (Å²) in [7, 11) is 0. The largest absolute Gasteiger partial charge is 0.476 e. The molecule has 90 valence electrons. The van der Waals surface area contributed by atoms with Gasteiger partial charge in [0.2, 0.25) is 0 Å². The van der Waals surface area contributed by atoms with E-state index >= 15 is 0 Å². The lowest BCUT2D eigenvalue weighted by Gasteiger charge is -2.18. The third kappa shape index (κ3) is 2.18. The number of nitrogens with zero attached hydrogens (tertiary/aromatic N) is 2. The second-order valence-electron chi connectivity index (χ2n) is 4.29. The molecule has 2 aromatic rings. The first-order chi connectivity index (χ1) is 7.79. The zero-order chi connectivity index (χ0) is 12.8. The van der Waals surface area contributed by atoms with Gasteiger partial charge in [0.05, 0.1) is 5.60 Å². The summed E-state index contributed by atoms with van der Waals surface area (Å²) in [4.78, 5) is 14.9. The van der Waals surface area contributed by atoms with Crippen molar-refractivity contribution < 1.29 is 15.0 Å². The number of aromatic nitrogens is 2. The van der Waals surface area contributed by atoms with E-state index in [1.807, 2.05) is 0 Å². The third-order valence-corrected chi connectivity index (χ3v) is 2.83. The summed E-state index contributed by atoms with van der Waals surface area (Å²) in [5.41, 5.74) is -0.127. The molecule has 0 aliphatic heterocycles. The smallest absolute Gasteiger partial charge is 0.356 e. The van der Waals surface area contributed by atoms with Crippen molar-refractivity contribution in [2.45, 2.75) is 19.4 Å². The molecule has 0 spiro atoms. The highest BCUT2D eigenvalue weighted by Crippen LogP contribution is 2.27. The Morgan fingerprint density at radius 3 is 2.65 bits per heavy atom. The number of halogens is 1. The van der Waals surface area contributed by atoms with Gasteiger partial charge in [0, 0.05) is 22.4 Å². The normalized spacial score (nSPS) is 12.0. The fourth-order valence-electron chi connectivity index (χ4n) is 1.62. The first-order valence-corrected chi connectivity index (χ1v) is 5.73. The molecule has 0 saturated heterocycles. The number of hydrogen-bond donors (Lipinski definition) is 2. The van der Waals surface area contributed by atoms with Crippen molar-refractivity contribution in [3.8, 4) is 0 Å². The highest BCUT2D eigenvalue weighted by molar-refractivity contribution is 9.10. The van der Waals surface area contributed by atoms with Gasteiger partial charge in [0.1, 0.15) is 5.65 Å². The summed E-state index contributed by atoms with van der Waals surface area (Å²) in [6.07, 6.45) is 3.11. The average Bonchev–Trinajstić information content (AvgIpc) is 2.58. The Labute approximate surface area is 106 Å². The molecule has 2 rings (SSSR count). The van der Waals surface area contributed by atoms with Crippen LogP contribution in [0.25, 0.3) is 5.65 Å². The number of fused-ring (bicyclic) bond motifs is 1. The van der Waals surface area contributed by atoms with Gasteiger partial charge in [0.15, 0.2) is 5.69 Å². The standard InChI is InChI=1S/C11H11BrN2O3/c1-11(2,17)7-3-6(12)4-14-5-8(10(15)16)13-9(7)14/h3-5,17H,1-2H3,(H,15,16). The maximum Gasteiger partial charge on any atom is 0.356 e. The van der Waals surface area contributed by atoms with Gasteiger partial charge in [-0.25, -0.2) is 9.78 Å². The molecule has 2 aromatic heterocycles. The van der Waals surface area contributed by atoms with E-state index in [0.717, 1.165) is 4.47 Å². The lowest BCUT2D eigenvalue weighted by atomic mass is 10.00. The Bertz CT molecular complexity index is 599. The molecule has 0 bridgehead atoms. The summed E-state index contributed by atoms with van der Waals surface area (Å²) in [5.74, 6) is -1.09. The third-order valence-electron chi connectivity index (χ3n) is 2.40.